The largest absolute Gasteiger partial charge is 0.481 e. The molecule has 90 valence electrons. The molecule has 5 nitrogen and oxygen atoms in total. The SMILES string of the molecule is O=C(O)C1CC(=O)N(c2cnc(Cl)c(Cl)c2)C1. The minimum Gasteiger partial charge on any atom is -0.481 e. The summed E-state index contributed by atoms with van der Waals surface area (Å²) in [6, 6.07) is 1.50. The summed E-state index contributed by atoms with van der Waals surface area (Å²) >= 11 is 11.5. The Morgan fingerprint density at radius 1 is 1.53 bits per heavy atom. The van der Waals surface area contributed by atoms with E-state index in [1.807, 2.05) is 0 Å². The third kappa shape index (κ3) is 2.35. The topological polar surface area (TPSA) is 70.5 Å². The Balaban J connectivity index is 2.26. The minimum atomic E-state index is -0.978. The third-order valence-corrected chi connectivity index (χ3v) is 3.25. The van der Waals surface area contributed by atoms with Crippen molar-refractivity contribution >= 4 is 40.8 Å². The van der Waals surface area contributed by atoms with Gasteiger partial charge in [-0.3, -0.25) is 9.59 Å². The summed E-state index contributed by atoms with van der Waals surface area (Å²) in [4.78, 5) is 27.6. The van der Waals surface area contributed by atoms with E-state index < -0.39 is 11.9 Å². The zero-order chi connectivity index (χ0) is 12.6. The summed E-state index contributed by atoms with van der Waals surface area (Å²) in [7, 11) is 0. The molecule has 1 aliphatic heterocycles. The standard InChI is InChI=1S/C10H8Cl2N2O3/c11-7-2-6(3-13-9(7)12)14-4-5(10(16)17)1-8(14)15/h2-3,5H,1,4H2,(H,16,17). The van der Waals surface area contributed by atoms with Gasteiger partial charge in [0.15, 0.2) is 0 Å². The molecule has 17 heavy (non-hydrogen) atoms. The molecule has 0 aliphatic carbocycles. The Morgan fingerprint density at radius 2 is 2.24 bits per heavy atom. The van der Waals surface area contributed by atoms with Crippen LogP contribution in [0.1, 0.15) is 6.42 Å². The molecule has 2 heterocycles. The zero-order valence-electron chi connectivity index (χ0n) is 8.56. The van der Waals surface area contributed by atoms with Crippen molar-refractivity contribution in [3.63, 3.8) is 0 Å². The number of halogens is 2. The molecule has 1 atom stereocenters. The normalized spacial score (nSPS) is 19.8. The van der Waals surface area contributed by atoms with Crippen molar-refractivity contribution in [2.45, 2.75) is 6.42 Å². The molecular formula is C10H8Cl2N2O3. The molecule has 1 aliphatic rings. The van der Waals surface area contributed by atoms with Crippen molar-refractivity contribution < 1.29 is 14.7 Å². The number of carboxylic acids is 1. The van der Waals surface area contributed by atoms with E-state index in [1.165, 1.54) is 17.2 Å². The van der Waals surface area contributed by atoms with Gasteiger partial charge in [-0.15, -0.1) is 0 Å². The minimum absolute atomic E-state index is 0.00439. The van der Waals surface area contributed by atoms with E-state index in [0.717, 1.165) is 0 Å². The van der Waals surface area contributed by atoms with E-state index in [1.54, 1.807) is 0 Å². The number of nitrogens with zero attached hydrogens (tertiary/aromatic N) is 2. The summed E-state index contributed by atoms with van der Waals surface area (Å²) in [5, 5.41) is 9.23. The number of carboxylic acid groups (broad SMARTS) is 1. The second kappa shape index (κ2) is 4.50. The van der Waals surface area contributed by atoms with Crippen molar-refractivity contribution in [2.75, 3.05) is 11.4 Å². The van der Waals surface area contributed by atoms with E-state index >= 15 is 0 Å². The van der Waals surface area contributed by atoms with Gasteiger partial charge >= 0.3 is 5.97 Å². The first-order chi connectivity index (χ1) is 7.99. The second-order valence-electron chi connectivity index (χ2n) is 3.71. The van der Waals surface area contributed by atoms with Gasteiger partial charge in [0.05, 0.1) is 22.8 Å². The summed E-state index contributed by atoms with van der Waals surface area (Å²) in [5.74, 6) is -1.91. The van der Waals surface area contributed by atoms with Crippen molar-refractivity contribution in [1.29, 1.82) is 0 Å². The molecule has 0 saturated carbocycles. The molecule has 1 N–H and O–H groups in total. The van der Waals surface area contributed by atoms with Gasteiger partial charge in [-0.1, -0.05) is 23.2 Å². The first kappa shape index (κ1) is 12.1. The average molecular weight is 275 g/mol. The van der Waals surface area contributed by atoms with Crippen LogP contribution < -0.4 is 4.90 Å². The Morgan fingerprint density at radius 3 is 2.76 bits per heavy atom. The van der Waals surface area contributed by atoms with Gasteiger partial charge in [-0.05, 0) is 6.07 Å². The summed E-state index contributed by atoms with van der Waals surface area (Å²) in [6.07, 6.45) is 1.39. The highest BCUT2D eigenvalue weighted by Gasteiger charge is 2.35. The third-order valence-electron chi connectivity index (χ3n) is 2.57. The number of hydrogen-bond acceptors (Lipinski definition) is 3. The number of carbonyl (C=O) groups is 2. The molecule has 0 aromatic carbocycles. The maximum absolute atomic E-state index is 11.6. The smallest absolute Gasteiger partial charge is 0.308 e. The van der Waals surface area contributed by atoms with Crippen molar-refractivity contribution in [2.24, 2.45) is 5.92 Å². The molecule has 7 heteroatoms. The molecular weight excluding hydrogens is 267 g/mol. The van der Waals surface area contributed by atoms with Crippen LogP contribution in [0.2, 0.25) is 10.2 Å². The molecule has 2 rings (SSSR count). The Labute approximate surface area is 107 Å². The van der Waals surface area contributed by atoms with Gasteiger partial charge in [0.2, 0.25) is 5.91 Å². The van der Waals surface area contributed by atoms with Crippen LogP contribution in [-0.2, 0) is 9.59 Å². The lowest BCUT2D eigenvalue weighted by atomic mass is 10.1. The fraction of sp³-hybridized carbons (Fsp3) is 0.300. The number of pyridine rings is 1. The monoisotopic (exact) mass is 274 g/mol. The number of aliphatic carboxylic acids is 1. The van der Waals surface area contributed by atoms with Crippen LogP contribution in [-0.4, -0.2) is 28.5 Å². The zero-order valence-corrected chi connectivity index (χ0v) is 10.1. The maximum atomic E-state index is 11.6. The lowest BCUT2D eigenvalue weighted by Crippen LogP contribution is -2.25. The molecule has 1 unspecified atom stereocenters. The quantitative estimate of drug-likeness (QED) is 0.836. The molecule has 0 radical (unpaired) electrons. The van der Waals surface area contributed by atoms with Crippen molar-refractivity contribution in [3.8, 4) is 0 Å². The predicted molar refractivity (Wildman–Crippen MR) is 62.4 cm³/mol. The van der Waals surface area contributed by atoms with Gasteiger partial charge in [0.1, 0.15) is 5.15 Å². The van der Waals surface area contributed by atoms with E-state index in [0.29, 0.717) is 5.69 Å². The van der Waals surface area contributed by atoms with Crippen LogP contribution in [0.5, 0.6) is 0 Å². The second-order valence-corrected chi connectivity index (χ2v) is 4.47. The van der Waals surface area contributed by atoms with Crippen LogP contribution >= 0.6 is 23.2 Å². The number of aromatic nitrogens is 1. The van der Waals surface area contributed by atoms with Crippen LogP contribution in [0.15, 0.2) is 12.3 Å². The molecule has 0 spiro atoms. The number of carbonyl (C=O) groups excluding carboxylic acids is 1. The van der Waals surface area contributed by atoms with Gasteiger partial charge < -0.3 is 10.0 Å². The fourth-order valence-electron chi connectivity index (χ4n) is 1.68. The molecule has 1 fully saturated rings. The van der Waals surface area contributed by atoms with Crippen LogP contribution in [0.25, 0.3) is 0 Å². The first-order valence-electron chi connectivity index (χ1n) is 4.83. The van der Waals surface area contributed by atoms with E-state index in [2.05, 4.69) is 4.98 Å². The molecule has 1 amide bonds. The fourth-order valence-corrected chi connectivity index (χ4v) is 1.95. The Kier molecular flexibility index (Phi) is 3.22. The van der Waals surface area contributed by atoms with Gasteiger partial charge in [0, 0.05) is 13.0 Å². The van der Waals surface area contributed by atoms with Gasteiger partial charge in [-0.25, -0.2) is 4.98 Å². The van der Waals surface area contributed by atoms with E-state index in [-0.39, 0.29) is 29.0 Å². The Bertz CT molecular complexity index is 492. The molecule has 1 aromatic rings. The maximum Gasteiger partial charge on any atom is 0.308 e. The highest BCUT2D eigenvalue weighted by atomic mass is 35.5. The lowest BCUT2D eigenvalue weighted by Gasteiger charge is -2.15. The molecule has 0 bridgehead atoms. The van der Waals surface area contributed by atoms with Gasteiger partial charge in [0.25, 0.3) is 0 Å². The predicted octanol–water partition coefficient (Wildman–Crippen LogP) is 1.83. The van der Waals surface area contributed by atoms with Crippen molar-refractivity contribution in [1.82, 2.24) is 4.98 Å². The van der Waals surface area contributed by atoms with E-state index in [4.69, 9.17) is 28.3 Å². The average Bonchev–Trinajstić information content (AvgIpc) is 2.65. The molecule has 1 aromatic heterocycles. The highest BCUT2D eigenvalue weighted by molar-refractivity contribution is 6.41. The first-order valence-corrected chi connectivity index (χ1v) is 5.59. The number of amides is 1. The summed E-state index contributed by atoms with van der Waals surface area (Å²) in [5.41, 5.74) is 0.466. The number of hydrogen-bond donors (Lipinski definition) is 1. The Hall–Kier alpha value is -1.33. The lowest BCUT2D eigenvalue weighted by molar-refractivity contribution is -0.141. The number of anilines is 1. The van der Waals surface area contributed by atoms with Gasteiger partial charge in [-0.2, -0.15) is 0 Å². The van der Waals surface area contributed by atoms with Crippen LogP contribution in [0.3, 0.4) is 0 Å². The summed E-state index contributed by atoms with van der Waals surface area (Å²) < 4.78 is 0. The van der Waals surface area contributed by atoms with Crippen LogP contribution in [0, 0.1) is 5.92 Å². The van der Waals surface area contributed by atoms with Crippen molar-refractivity contribution in [3.05, 3.63) is 22.4 Å². The van der Waals surface area contributed by atoms with E-state index in [9.17, 15) is 9.59 Å². The molecule has 1 saturated heterocycles. The summed E-state index contributed by atoms with van der Waals surface area (Å²) in [6.45, 7) is 0.133. The van der Waals surface area contributed by atoms with Crippen LogP contribution in [0.4, 0.5) is 5.69 Å². The number of rotatable bonds is 2. The highest BCUT2D eigenvalue weighted by Crippen LogP contribution is 2.29.